The molecule has 0 aliphatic carbocycles. The fourth-order valence-corrected chi connectivity index (χ4v) is 3.59. The Kier molecular flexibility index (Phi) is 4.42. The minimum Gasteiger partial charge on any atom is -0.293 e. The van der Waals surface area contributed by atoms with Gasteiger partial charge in [0.2, 0.25) is 0 Å². The summed E-state index contributed by atoms with van der Waals surface area (Å²) in [6.07, 6.45) is 0.375. The average Bonchev–Trinajstić information content (AvgIpc) is 2.59. The van der Waals surface area contributed by atoms with Crippen LogP contribution in [0.1, 0.15) is 15.2 Å². The van der Waals surface area contributed by atoms with Crippen LogP contribution in [0.3, 0.4) is 0 Å². The smallest absolute Gasteiger partial charge is 0.177 e. The lowest BCUT2D eigenvalue weighted by Crippen LogP contribution is -2.00. The molecule has 88 valence electrons. The first kappa shape index (κ1) is 13.3. The third-order valence-electron chi connectivity index (χ3n) is 2.17. The molecule has 0 bridgehead atoms. The van der Waals surface area contributed by atoms with Crippen LogP contribution in [0.15, 0.2) is 38.6 Å². The van der Waals surface area contributed by atoms with Gasteiger partial charge in [0, 0.05) is 15.9 Å². The maximum Gasteiger partial charge on any atom is 0.177 e. The molecule has 1 heterocycles. The number of carbonyl (C=O) groups excluding carboxylic acids is 1. The highest BCUT2D eigenvalue weighted by Crippen LogP contribution is 2.33. The maximum absolute atomic E-state index is 12.0. The second-order valence-electron chi connectivity index (χ2n) is 3.46. The van der Waals surface area contributed by atoms with Gasteiger partial charge in [-0.15, -0.1) is 11.3 Å². The predicted molar refractivity (Wildman–Crippen MR) is 79.2 cm³/mol. The number of carbonyl (C=O) groups is 1. The molecule has 2 aromatic rings. The second-order valence-corrected chi connectivity index (χ2v) is 7.12. The summed E-state index contributed by atoms with van der Waals surface area (Å²) in [7, 11) is 0. The highest BCUT2D eigenvalue weighted by atomic mass is 79.9. The van der Waals surface area contributed by atoms with Crippen molar-refractivity contribution in [1.29, 1.82) is 0 Å². The van der Waals surface area contributed by atoms with Crippen molar-refractivity contribution in [2.24, 2.45) is 0 Å². The van der Waals surface area contributed by atoms with E-state index in [1.807, 2.05) is 24.3 Å². The van der Waals surface area contributed by atoms with Gasteiger partial charge in [0.25, 0.3) is 0 Å². The van der Waals surface area contributed by atoms with Crippen molar-refractivity contribution in [1.82, 2.24) is 0 Å². The quantitative estimate of drug-likeness (QED) is 0.641. The third kappa shape index (κ3) is 3.41. The van der Waals surface area contributed by atoms with Gasteiger partial charge in [-0.05, 0) is 55.6 Å². The summed E-state index contributed by atoms with van der Waals surface area (Å²) >= 11 is 14.1. The number of Topliss-reactive ketones (excluding diaryl/α,β-unsaturated/α-hetero) is 1. The van der Waals surface area contributed by atoms with Crippen LogP contribution in [0.5, 0.6) is 0 Å². The van der Waals surface area contributed by atoms with Crippen molar-refractivity contribution in [2.45, 2.75) is 6.42 Å². The standard InChI is InChI=1S/C12H7Br2ClOS/c13-9-6-11(17-12(9)14)10(16)5-7-2-1-3-8(15)4-7/h1-4,6H,5H2. The van der Waals surface area contributed by atoms with Crippen LogP contribution >= 0.6 is 54.8 Å². The van der Waals surface area contributed by atoms with E-state index in [-0.39, 0.29) is 5.78 Å². The summed E-state index contributed by atoms with van der Waals surface area (Å²) in [5, 5.41) is 0.656. The van der Waals surface area contributed by atoms with Crippen molar-refractivity contribution < 1.29 is 4.79 Å². The van der Waals surface area contributed by atoms with E-state index in [0.29, 0.717) is 11.4 Å². The fraction of sp³-hybridized carbons (Fsp3) is 0.0833. The first-order chi connectivity index (χ1) is 8.06. The molecule has 17 heavy (non-hydrogen) atoms. The van der Waals surface area contributed by atoms with Crippen LogP contribution in [-0.4, -0.2) is 5.78 Å². The van der Waals surface area contributed by atoms with E-state index >= 15 is 0 Å². The molecule has 0 radical (unpaired) electrons. The van der Waals surface area contributed by atoms with Crippen LogP contribution in [-0.2, 0) is 6.42 Å². The Hall–Kier alpha value is -0.160. The van der Waals surface area contributed by atoms with Crippen LogP contribution in [0.25, 0.3) is 0 Å². The van der Waals surface area contributed by atoms with Crippen molar-refractivity contribution in [2.75, 3.05) is 0 Å². The summed E-state index contributed by atoms with van der Waals surface area (Å²) in [5.41, 5.74) is 0.933. The Morgan fingerprint density at radius 3 is 2.65 bits per heavy atom. The van der Waals surface area contributed by atoms with E-state index in [0.717, 1.165) is 18.7 Å². The summed E-state index contributed by atoms with van der Waals surface area (Å²) < 4.78 is 1.85. The second kappa shape index (κ2) is 5.65. The van der Waals surface area contributed by atoms with Crippen LogP contribution in [0, 0.1) is 0 Å². The number of rotatable bonds is 3. The summed E-state index contributed by atoms with van der Waals surface area (Å²) in [6.45, 7) is 0. The molecular weight excluding hydrogens is 387 g/mol. The van der Waals surface area contributed by atoms with Crippen molar-refractivity contribution in [3.05, 3.63) is 54.1 Å². The molecule has 1 aromatic carbocycles. The molecule has 0 atom stereocenters. The molecule has 0 N–H and O–H groups in total. The van der Waals surface area contributed by atoms with Gasteiger partial charge in [-0.3, -0.25) is 4.79 Å². The lowest BCUT2D eigenvalue weighted by molar-refractivity contribution is 0.0997. The Labute approximate surface area is 125 Å². The van der Waals surface area contributed by atoms with E-state index < -0.39 is 0 Å². The first-order valence-corrected chi connectivity index (χ1v) is 7.57. The van der Waals surface area contributed by atoms with Crippen molar-refractivity contribution in [3.63, 3.8) is 0 Å². The molecule has 0 amide bonds. The summed E-state index contributed by atoms with van der Waals surface area (Å²) in [5.74, 6) is 0.101. The maximum atomic E-state index is 12.0. The van der Waals surface area contributed by atoms with Crippen LogP contribution in [0.4, 0.5) is 0 Å². The zero-order valence-corrected chi connectivity index (χ0v) is 13.3. The van der Waals surface area contributed by atoms with Gasteiger partial charge < -0.3 is 0 Å². The Bertz CT molecular complexity index is 546. The average molecular weight is 395 g/mol. The predicted octanol–water partition coefficient (Wildman–Crippen LogP) is 5.35. The van der Waals surface area contributed by atoms with E-state index in [1.165, 1.54) is 11.3 Å². The van der Waals surface area contributed by atoms with Gasteiger partial charge in [-0.25, -0.2) is 0 Å². The minimum atomic E-state index is 0.101. The molecule has 5 heteroatoms. The topological polar surface area (TPSA) is 17.1 Å². The van der Waals surface area contributed by atoms with Gasteiger partial charge in [0.05, 0.1) is 8.66 Å². The zero-order chi connectivity index (χ0) is 12.4. The monoisotopic (exact) mass is 392 g/mol. The summed E-state index contributed by atoms with van der Waals surface area (Å²) in [6, 6.07) is 9.21. The largest absolute Gasteiger partial charge is 0.293 e. The van der Waals surface area contributed by atoms with Crippen molar-refractivity contribution in [3.8, 4) is 0 Å². The highest BCUT2D eigenvalue weighted by molar-refractivity contribution is 9.13. The van der Waals surface area contributed by atoms with E-state index in [9.17, 15) is 4.79 Å². The van der Waals surface area contributed by atoms with Gasteiger partial charge in [0.15, 0.2) is 5.78 Å². The number of halogens is 3. The minimum absolute atomic E-state index is 0.101. The van der Waals surface area contributed by atoms with E-state index in [2.05, 4.69) is 31.9 Å². The molecule has 0 fully saturated rings. The Morgan fingerprint density at radius 2 is 2.06 bits per heavy atom. The third-order valence-corrected chi connectivity index (χ3v) is 5.71. The number of hydrogen-bond acceptors (Lipinski definition) is 2. The number of thiophene rings is 1. The van der Waals surface area contributed by atoms with Gasteiger partial charge in [-0.1, -0.05) is 23.7 Å². The molecule has 1 nitrogen and oxygen atoms in total. The fourth-order valence-electron chi connectivity index (χ4n) is 1.40. The molecule has 1 aromatic heterocycles. The van der Waals surface area contributed by atoms with Crippen LogP contribution in [0.2, 0.25) is 5.02 Å². The number of hydrogen-bond donors (Lipinski definition) is 0. The van der Waals surface area contributed by atoms with Gasteiger partial charge in [0.1, 0.15) is 0 Å². The molecule has 0 saturated heterocycles. The first-order valence-electron chi connectivity index (χ1n) is 4.79. The van der Waals surface area contributed by atoms with Gasteiger partial charge in [-0.2, -0.15) is 0 Å². The Balaban J connectivity index is 2.17. The number of benzene rings is 1. The lowest BCUT2D eigenvalue weighted by atomic mass is 10.1. The van der Waals surface area contributed by atoms with Crippen molar-refractivity contribution >= 4 is 60.6 Å². The molecule has 0 unspecified atom stereocenters. The summed E-state index contributed by atoms with van der Waals surface area (Å²) in [4.78, 5) is 12.8. The Morgan fingerprint density at radius 1 is 1.29 bits per heavy atom. The molecule has 0 saturated carbocycles. The molecule has 2 rings (SSSR count). The normalized spacial score (nSPS) is 10.5. The number of ketones is 1. The molecule has 0 aliphatic rings. The molecular formula is C12H7Br2ClOS. The molecule has 0 aliphatic heterocycles. The zero-order valence-electron chi connectivity index (χ0n) is 8.54. The van der Waals surface area contributed by atoms with Gasteiger partial charge >= 0.3 is 0 Å². The van der Waals surface area contributed by atoms with E-state index in [4.69, 9.17) is 11.6 Å². The van der Waals surface area contributed by atoms with E-state index in [1.54, 1.807) is 6.07 Å². The SMILES string of the molecule is O=C(Cc1cccc(Cl)c1)c1cc(Br)c(Br)s1. The van der Waals surface area contributed by atoms with Crippen LogP contribution < -0.4 is 0 Å². The lowest BCUT2D eigenvalue weighted by Gasteiger charge is -1.99. The molecule has 0 spiro atoms. The highest BCUT2D eigenvalue weighted by Gasteiger charge is 2.12.